The summed E-state index contributed by atoms with van der Waals surface area (Å²) in [6, 6.07) is 4.70. The minimum absolute atomic E-state index is 0.0785. The number of pyridine rings is 1. The molecule has 2 nitrogen and oxygen atoms in total. The van der Waals surface area contributed by atoms with Crippen LogP contribution in [0.2, 0.25) is 0 Å². The summed E-state index contributed by atoms with van der Waals surface area (Å²) in [6.07, 6.45) is -2.18. The van der Waals surface area contributed by atoms with Crippen LogP contribution in [0.5, 0.6) is 0 Å². The second kappa shape index (κ2) is 4.49. The van der Waals surface area contributed by atoms with Crippen molar-refractivity contribution in [3.8, 4) is 0 Å². The third kappa shape index (κ3) is 2.56. The van der Waals surface area contributed by atoms with Crippen LogP contribution in [-0.2, 0) is 11.6 Å². The minimum atomic E-state index is -4.42. The molecular weight excluding hydrogens is 255 g/mol. The van der Waals surface area contributed by atoms with Crippen molar-refractivity contribution in [2.45, 2.75) is 25.4 Å². The highest BCUT2D eigenvalue weighted by molar-refractivity contribution is 5.86. The molecule has 1 aromatic carbocycles. The average molecular weight is 269 g/mol. The number of aromatic nitrogens is 1. The first-order valence-corrected chi connectivity index (χ1v) is 5.82. The molecule has 0 amide bonds. The second-order valence-corrected chi connectivity index (χ2v) is 5.16. The van der Waals surface area contributed by atoms with E-state index in [0.717, 1.165) is 11.8 Å². The van der Waals surface area contributed by atoms with Gasteiger partial charge in [-0.3, -0.25) is 4.98 Å². The summed E-state index contributed by atoms with van der Waals surface area (Å²) in [5.74, 6) is 0. The summed E-state index contributed by atoms with van der Waals surface area (Å²) < 4.78 is 38.5. The fourth-order valence-corrected chi connectivity index (χ4v) is 1.91. The Morgan fingerprint density at radius 1 is 1.16 bits per heavy atom. The van der Waals surface area contributed by atoms with Gasteiger partial charge in [0, 0.05) is 23.2 Å². The standard InChI is InChI=1S/C14H14F3NO/c1-13(2,8-19)10-3-4-11-9(5-10)6-18-7-12(11)14(15,16)17/h3-7,19H,8H2,1-2H3. The highest BCUT2D eigenvalue weighted by Gasteiger charge is 2.33. The van der Waals surface area contributed by atoms with Gasteiger partial charge >= 0.3 is 6.18 Å². The zero-order chi connectivity index (χ0) is 14.3. The molecule has 0 atom stereocenters. The van der Waals surface area contributed by atoms with Crippen molar-refractivity contribution in [3.05, 3.63) is 41.7 Å². The smallest absolute Gasteiger partial charge is 0.395 e. The number of rotatable bonds is 2. The van der Waals surface area contributed by atoms with Gasteiger partial charge in [0.25, 0.3) is 0 Å². The average Bonchev–Trinajstić information content (AvgIpc) is 2.36. The number of aliphatic hydroxyl groups is 1. The molecule has 102 valence electrons. The Kier molecular flexibility index (Phi) is 3.26. The van der Waals surface area contributed by atoms with E-state index in [1.54, 1.807) is 12.1 Å². The Balaban J connectivity index is 2.64. The molecule has 1 heterocycles. The van der Waals surface area contributed by atoms with Gasteiger partial charge in [0.2, 0.25) is 0 Å². The van der Waals surface area contributed by atoms with Crippen LogP contribution < -0.4 is 0 Å². The third-order valence-electron chi connectivity index (χ3n) is 3.24. The molecule has 1 N–H and O–H groups in total. The van der Waals surface area contributed by atoms with E-state index in [0.29, 0.717) is 5.39 Å². The summed E-state index contributed by atoms with van der Waals surface area (Å²) in [6.45, 7) is 3.58. The van der Waals surface area contributed by atoms with Gasteiger partial charge in [-0.05, 0) is 17.0 Å². The lowest BCUT2D eigenvalue weighted by molar-refractivity contribution is -0.136. The zero-order valence-electron chi connectivity index (χ0n) is 10.6. The Morgan fingerprint density at radius 3 is 2.42 bits per heavy atom. The van der Waals surface area contributed by atoms with Crippen molar-refractivity contribution in [3.63, 3.8) is 0 Å². The van der Waals surface area contributed by atoms with Crippen LogP contribution in [0.25, 0.3) is 10.8 Å². The summed E-state index contributed by atoms with van der Waals surface area (Å²) in [7, 11) is 0. The molecular formula is C14H14F3NO. The molecule has 0 saturated heterocycles. The van der Waals surface area contributed by atoms with E-state index in [4.69, 9.17) is 0 Å². The first kappa shape index (κ1) is 13.8. The van der Waals surface area contributed by atoms with E-state index in [-0.39, 0.29) is 12.0 Å². The summed E-state index contributed by atoms with van der Waals surface area (Å²) in [4.78, 5) is 3.65. The third-order valence-corrected chi connectivity index (χ3v) is 3.24. The van der Waals surface area contributed by atoms with E-state index in [9.17, 15) is 18.3 Å². The molecule has 0 radical (unpaired) electrons. The predicted molar refractivity (Wildman–Crippen MR) is 66.9 cm³/mol. The highest BCUT2D eigenvalue weighted by atomic mass is 19.4. The van der Waals surface area contributed by atoms with Crippen LogP contribution in [0.15, 0.2) is 30.6 Å². The van der Waals surface area contributed by atoms with Crippen molar-refractivity contribution in [1.29, 1.82) is 0 Å². The Bertz CT molecular complexity index is 605. The number of alkyl halides is 3. The van der Waals surface area contributed by atoms with Crippen molar-refractivity contribution < 1.29 is 18.3 Å². The number of hydrogen-bond donors (Lipinski definition) is 1. The SMILES string of the molecule is CC(C)(CO)c1ccc2c(C(F)(F)F)cncc2c1. The monoisotopic (exact) mass is 269 g/mol. The molecule has 0 spiro atoms. The summed E-state index contributed by atoms with van der Waals surface area (Å²) >= 11 is 0. The van der Waals surface area contributed by atoms with E-state index in [1.165, 1.54) is 12.3 Å². The number of hydrogen-bond acceptors (Lipinski definition) is 2. The van der Waals surface area contributed by atoms with Gasteiger partial charge in [-0.15, -0.1) is 0 Å². The maximum absolute atomic E-state index is 12.8. The maximum Gasteiger partial charge on any atom is 0.418 e. The zero-order valence-corrected chi connectivity index (χ0v) is 10.6. The highest BCUT2D eigenvalue weighted by Crippen LogP contribution is 2.35. The molecule has 1 aromatic heterocycles. The summed E-state index contributed by atoms with van der Waals surface area (Å²) in [5.41, 5.74) is -0.454. The van der Waals surface area contributed by atoms with Crippen molar-refractivity contribution >= 4 is 10.8 Å². The van der Waals surface area contributed by atoms with E-state index in [1.807, 2.05) is 13.8 Å². The van der Waals surface area contributed by atoms with Crippen LogP contribution in [0, 0.1) is 0 Å². The van der Waals surface area contributed by atoms with Crippen molar-refractivity contribution in [1.82, 2.24) is 4.98 Å². The number of aliphatic hydroxyl groups excluding tert-OH is 1. The lowest BCUT2D eigenvalue weighted by atomic mass is 9.84. The van der Waals surface area contributed by atoms with Gasteiger partial charge in [0.05, 0.1) is 12.2 Å². The molecule has 0 aliphatic carbocycles. The van der Waals surface area contributed by atoms with Gasteiger partial charge in [0.15, 0.2) is 0 Å². The fourth-order valence-electron chi connectivity index (χ4n) is 1.91. The van der Waals surface area contributed by atoms with Gasteiger partial charge in [0.1, 0.15) is 0 Å². The number of fused-ring (bicyclic) bond motifs is 1. The largest absolute Gasteiger partial charge is 0.418 e. The van der Waals surface area contributed by atoms with Crippen LogP contribution in [0.3, 0.4) is 0 Å². The van der Waals surface area contributed by atoms with Gasteiger partial charge < -0.3 is 5.11 Å². The van der Waals surface area contributed by atoms with Gasteiger partial charge in [-0.2, -0.15) is 13.2 Å². The molecule has 2 rings (SSSR count). The molecule has 0 unspecified atom stereocenters. The number of benzene rings is 1. The first-order chi connectivity index (χ1) is 8.75. The molecule has 0 aliphatic rings. The summed E-state index contributed by atoms with van der Waals surface area (Å²) in [5, 5.41) is 9.86. The minimum Gasteiger partial charge on any atom is -0.395 e. The first-order valence-electron chi connectivity index (χ1n) is 5.82. The number of nitrogens with zero attached hydrogens (tertiary/aromatic N) is 1. The van der Waals surface area contributed by atoms with Crippen LogP contribution in [0.4, 0.5) is 13.2 Å². The van der Waals surface area contributed by atoms with E-state index in [2.05, 4.69) is 4.98 Å². The molecule has 0 bridgehead atoms. The molecule has 0 fully saturated rings. The van der Waals surface area contributed by atoms with Crippen LogP contribution >= 0.6 is 0 Å². The van der Waals surface area contributed by atoms with Crippen LogP contribution in [0.1, 0.15) is 25.0 Å². The lowest BCUT2D eigenvalue weighted by Gasteiger charge is -2.23. The molecule has 5 heteroatoms. The Morgan fingerprint density at radius 2 is 1.84 bits per heavy atom. The van der Waals surface area contributed by atoms with Gasteiger partial charge in [-0.25, -0.2) is 0 Å². The normalized spacial score (nSPS) is 12.9. The molecule has 2 aromatic rings. The van der Waals surface area contributed by atoms with E-state index < -0.39 is 17.2 Å². The molecule has 0 aliphatic heterocycles. The van der Waals surface area contributed by atoms with E-state index >= 15 is 0 Å². The van der Waals surface area contributed by atoms with Crippen LogP contribution in [-0.4, -0.2) is 16.7 Å². The topological polar surface area (TPSA) is 33.1 Å². The van der Waals surface area contributed by atoms with Gasteiger partial charge in [-0.1, -0.05) is 26.0 Å². The Labute approximate surface area is 108 Å². The molecule has 19 heavy (non-hydrogen) atoms. The van der Waals surface area contributed by atoms with Crippen molar-refractivity contribution in [2.75, 3.05) is 6.61 Å². The Hall–Kier alpha value is -1.62. The fraction of sp³-hybridized carbons (Fsp3) is 0.357. The lowest BCUT2D eigenvalue weighted by Crippen LogP contribution is -2.21. The van der Waals surface area contributed by atoms with Crippen molar-refractivity contribution in [2.24, 2.45) is 0 Å². The predicted octanol–water partition coefficient (Wildman–Crippen LogP) is 3.52. The maximum atomic E-state index is 12.8. The number of halogens is 3. The molecule has 0 saturated carbocycles. The second-order valence-electron chi connectivity index (χ2n) is 5.16. The quantitative estimate of drug-likeness (QED) is 0.904.